The fraction of sp³-hybridized carbons (Fsp3) is 0.625. The van der Waals surface area contributed by atoms with E-state index in [4.69, 9.17) is 0 Å². The lowest BCUT2D eigenvalue weighted by molar-refractivity contribution is -0.139. The number of nitrogens with zero attached hydrogens (tertiary/aromatic N) is 3. The number of rotatable bonds is 4. The number of hydrogen-bond acceptors (Lipinski definition) is 3. The maximum absolute atomic E-state index is 12.8. The SMILES string of the molecule is CCCN1CCCN(C(=O)Cn2cccc(C(F)(F)F)c2=O)CC1. The van der Waals surface area contributed by atoms with Crippen molar-refractivity contribution in [3.05, 3.63) is 34.2 Å². The molecule has 1 aliphatic heterocycles. The molecule has 0 N–H and O–H groups in total. The molecule has 1 amide bonds. The molecule has 0 aliphatic carbocycles. The first kappa shape index (κ1) is 18.5. The molecule has 1 aromatic rings. The van der Waals surface area contributed by atoms with Crippen molar-refractivity contribution in [2.24, 2.45) is 0 Å². The number of amides is 1. The average Bonchev–Trinajstić information content (AvgIpc) is 2.74. The number of pyridine rings is 1. The summed E-state index contributed by atoms with van der Waals surface area (Å²) in [6, 6.07) is 1.88. The molecule has 24 heavy (non-hydrogen) atoms. The summed E-state index contributed by atoms with van der Waals surface area (Å²) < 4.78 is 39.2. The fourth-order valence-corrected chi connectivity index (χ4v) is 2.88. The van der Waals surface area contributed by atoms with Gasteiger partial charge in [0.25, 0.3) is 5.56 Å². The van der Waals surface area contributed by atoms with E-state index in [1.165, 1.54) is 6.20 Å². The van der Waals surface area contributed by atoms with Gasteiger partial charge in [-0.15, -0.1) is 0 Å². The summed E-state index contributed by atoms with van der Waals surface area (Å²) >= 11 is 0. The van der Waals surface area contributed by atoms with Crippen LogP contribution in [-0.4, -0.2) is 53.0 Å². The Kier molecular flexibility index (Phi) is 6.04. The monoisotopic (exact) mass is 345 g/mol. The smallest absolute Gasteiger partial charge is 0.340 e. The third kappa shape index (κ3) is 4.59. The maximum atomic E-state index is 12.8. The molecule has 0 saturated carbocycles. The van der Waals surface area contributed by atoms with Crippen LogP contribution in [0.3, 0.4) is 0 Å². The first-order chi connectivity index (χ1) is 11.3. The van der Waals surface area contributed by atoms with E-state index < -0.39 is 17.3 Å². The fourth-order valence-electron chi connectivity index (χ4n) is 2.88. The summed E-state index contributed by atoms with van der Waals surface area (Å²) in [5, 5.41) is 0. The zero-order chi connectivity index (χ0) is 17.7. The summed E-state index contributed by atoms with van der Waals surface area (Å²) in [4.78, 5) is 28.2. The molecule has 0 bridgehead atoms. The van der Waals surface area contributed by atoms with E-state index in [1.807, 2.05) is 0 Å². The number of carbonyl (C=O) groups excluding carboxylic acids is 1. The molecule has 8 heteroatoms. The van der Waals surface area contributed by atoms with Crippen LogP contribution in [0.25, 0.3) is 0 Å². The number of hydrogen-bond donors (Lipinski definition) is 0. The van der Waals surface area contributed by atoms with Crippen LogP contribution in [0.1, 0.15) is 25.3 Å². The van der Waals surface area contributed by atoms with Gasteiger partial charge in [0.2, 0.25) is 5.91 Å². The molecule has 1 aliphatic rings. The second kappa shape index (κ2) is 7.83. The molecule has 1 aromatic heterocycles. The molecule has 1 saturated heterocycles. The van der Waals surface area contributed by atoms with Crippen molar-refractivity contribution in [3.63, 3.8) is 0 Å². The standard InChI is InChI=1S/C16H22F3N3O2/c1-2-6-20-7-4-9-21(11-10-20)14(23)12-22-8-3-5-13(15(22)24)16(17,18)19/h3,5,8H,2,4,6-7,9-12H2,1H3. The Morgan fingerprint density at radius 2 is 1.96 bits per heavy atom. The lowest BCUT2D eigenvalue weighted by Crippen LogP contribution is -2.39. The molecular formula is C16H22F3N3O2. The van der Waals surface area contributed by atoms with E-state index in [2.05, 4.69) is 11.8 Å². The summed E-state index contributed by atoms with van der Waals surface area (Å²) in [6.07, 6.45) is -1.64. The van der Waals surface area contributed by atoms with Crippen molar-refractivity contribution in [3.8, 4) is 0 Å². The normalized spacial score (nSPS) is 16.9. The summed E-state index contributed by atoms with van der Waals surface area (Å²) in [5.41, 5.74) is -2.43. The Hall–Kier alpha value is -1.83. The second-order valence-corrected chi connectivity index (χ2v) is 5.93. The van der Waals surface area contributed by atoms with Crippen molar-refractivity contribution >= 4 is 5.91 Å². The Morgan fingerprint density at radius 3 is 2.62 bits per heavy atom. The highest BCUT2D eigenvalue weighted by Crippen LogP contribution is 2.25. The molecule has 2 heterocycles. The van der Waals surface area contributed by atoms with Crippen molar-refractivity contribution in [1.82, 2.24) is 14.4 Å². The minimum atomic E-state index is -4.72. The van der Waals surface area contributed by atoms with Gasteiger partial charge in [-0.05, 0) is 38.1 Å². The van der Waals surface area contributed by atoms with E-state index in [1.54, 1.807) is 4.90 Å². The third-order valence-corrected chi connectivity index (χ3v) is 4.11. The predicted octanol–water partition coefficient (Wildman–Crippen LogP) is 1.81. The van der Waals surface area contributed by atoms with Crippen LogP contribution in [-0.2, 0) is 17.5 Å². The first-order valence-corrected chi connectivity index (χ1v) is 8.09. The Morgan fingerprint density at radius 1 is 1.21 bits per heavy atom. The quantitative estimate of drug-likeness (QED) is 0.836. The Balaban J connectivity index is 2.06. The van der Waals surface area contributed by atoms with Gasteiger partial charge in [-0.25, -0.2) is 0 Å². The van der Waals surface area contributed by atoms with Gasteiger partial charge in [0.05, 0.1) is 0 Å². The van der Waals surface area contributed by atoms with Gasteiger partial charge < -0.3 is 14.4 Å². The lowest BCUT2D eigenvalue weighted by atomic mass is 10.2. The highest BCUT2D eigenvalue weighted by atomic mass is 19.4. The molecular weight excluding hydrogens is 323 g/mol. The topological polar surface area (TPSA) is 45.5 Å². The Bertz CT molecular complexity index is 628. The summed E-state index contributed by atoms with van der Waals surface area (Å²) in [6.45, 7) is 5.44. The largest absolute Gasteiger partial charge is 0.421 e. The van der Waals surface area contributed by atoms with Crippen molar-refractivity contribution in [2.45, 2.75) is 32.5 Å². The van der Waals surface area contributed by atoms with Gasteiger partial charge in [0, 0.05) is 25.8 Å². The number of carbonyl (C=O) groups is 1. The van der Waals surface area contributed by atoms with Gasteiger partial charge in [0.1, 0.15) is 12.1 Å². The summed E-state index contributed by atoms with van der Waals surface area (Å²) in [5.74, 6) is -0.324. The van der Waals surface area contributed by atoms with Crippen LogP contribution in [0.15, 0.2) is 23.1 Å². The molecule has 0 unspecified atom stereocenters. The molecule has 0 radical (unpaired) electrons. The van der Waals surface area contributed by atoms with E-state index >= 15 is 0 Å². The van der Waals surface area contributed by atoms with E-state index in [0.29, 0.717) is 13.1 Å². The van der Waals surface area contributed by atoms with E-state index in [9.17, 15) is 22.8 Å². The van der Waals surface area contributed by atoms with Crippen LogP contribution in [0.4, 0.5) is 13.2 Å². The van der Waals surface area contributed by atoms with Crippen LogP contribution >= 0.6 is 0 Å². The highest BCUT2D eigenvalue weighted by molar-refractivity contribution is 5.76. The van der Waals surface area contributed by atoms with Gasteiger partial charge in [0.15, 0.2) is 0 Å². The van der Waals surface area contributed by atoms with Gasteiger partial charge in [-0.1, -0.05) is 6.92 Å². The highest BCUT2D eigenvalue weighted by Gasteiger charge is 2.34. The molecule has 0 spiro atoms. The first-order valence-electron chi connectivity index (χ1n) is 8.09. The van der Waals surface area contributed by atoms with E-state index in [-0.39, 0.29) is 12.5 Å². The number of aromatic nitrogens is 1. The van der Waals surface area contributed by atoms with E-state index in [0.717, 1.165) is 49.2 Å². The average molecular weight is 345 g/mol. The summed E-state index contributed by atoms with van der Waals surface area (Å²) in [7, 11) is 0. The second-order valence-electron chi connectivity index (χ2n) is 5.93. The van der Waals surface area contributed by atoms with Gasteiger partial charge in [-0.3, -0.25) is 9.59 Å². The molecule has 134 valence electrons. The van der Waals surface area contributed by atoms with Crippen LogP contribution in [0.5, 0.6) is 0 Å². The van der Waals surface area contributed by atoms with Crippen LogP contribution in [0.2, 0.25) is 0 Å². The molecule has 0 atom stereocenters. The predicted molar refractivity (Wildman–Crippen MR) is 83.6 cm³/mol. The lowest BCUT2D eigenvalue weighted by Gasteiger charge is -2.22. The molecule has 5 nitrogen and oxygen atoms in total. The molecule has 2 rings (SSSR count). The molecule has 1 fully saturated rings. The minimum absolute atomic E-state index is 0.324. The molecule has 0 aromatic carbocycles. The number of alkyl halides is 3. The Labute approximate surface area is 138 Å². The van der Waals surface area contributed by atoms with Crippen molar-refractivity contribution in [2.75, 3.05) is 32.7 Å². The zero-order valence-corrected chi connectivity index (χ0v) is 13.7. The van der Waals surface area contributed by atoms with Crippen molar-refractivity contribution < 1.29 is 18.0 Å². The van der Waals surface area contributed by atoms with Gasteiger partial charge >= 0.3 is 6.18 Å². The van der Waals surface area contributed by atoms with Gasteiger partial charge in [-0.2, -0.15) is 13.2 Å². The third-order valence-electron chi connectivity index (χ3n) is 4.11. The maximum Gasteiger partial charge on any atom is 0.421 e. The van der Waals surface area contributed by atoms with Crippen LogP contribution < -0.4 is 5.56 Å². The minimum Gasteiger partial charge on any atom is -0.340 e. The van der Waals surface area contributed by atoms with Crippen molar-refractivity contribution in [1.29, 1.82) is 0 Å². The number of halogens is 3. The zero-order valence-electron chi connectivity index (χ0n) is 13.7. The van der Waals surface area contributed by atoms with Crippen LogP contribution in [0, 0.1) is 0 Å².